The topological polar surface area (TPSA) is 70.7 Å². The molecular formula is C23H29N3O3. The summed E-state index contributed by atoms with van der Waals surface area (Å²) < 4.78 is 5.05. The van der Waals surface area contributed by atoms with Gasteiger partial charge in [0.05, 0.1) is 6.61 Å². The molecule has 1 saturated heterocycles. The molecule has 154 valence electrons. The zero-order valence-corrected chi connectivity index (χ0v) is 16.9. The van der Waals surface area contributed by atoms with Crippen molar-refractivity contribution in [2.75, 3.05) is 30.3 Å². The van der Waals surface area contributed by atoms with Crippen LogP contribution in [0.3, 0.4) is 0 Å². The molecule has 2 aromatic carbocycles. The molecular weight excluding hydrogens is 366 g/mol. The molecule has 1 aliphatic heterocycles. The second-order valence-electron chi connectivity index (χ2n) is 7.22. The smallest absolute Gasteiger partial charge is 0.409 e. The van der Waals surface area contributed by atoms with Crippen LogP contribution in [0.25, 0.3) is 0 Å². The van der Waals surface area contributed by atoms with Crippen LogP contribution < -0.4 is 10.6 Å². The Bertz CT molecular complexity index is 785. The van der Waals surface area contributed by atoms with Crippen LogP contribution in [-0.2, 0) is 16.0 Å². The third kappa shape index (κ3) is 6.52. The molecule has 0 radical (unpaired) electrons. The first kappa shape index (κ1) is 20.7. The average Bonchev–Trinajstić information content (AvgIpc) is 2.75. The van der Waals surface area contributed by atoms with E-state index in [1.165, 1.54) is 0 Å². The fourth-order valence-corrected chi connectivity index (χ4v) is 3.43. The monoisotopic (exact) mass is 395 g/mol. The van der Waals surface area contributed by atoms with Crippen molar-refractivity contribution < 1.29 is 14.3 Å². The summed E-state index contributed by atoms with van der Waals surface area (Å²) >= 11 is 0. The molecule has 0 spiro atoms. The highest BCUT2D eigenvalue weighted by Gasteiger charge is 2.23. The predicted molar refractivity (Wildman–Crippen MR) is 115 cm³/mol. The summed E-state index contributed by atoms with van der Waals surface area (Å²) in [4.78, 5) is 25.7. The number of ether oxygens (including phenoxy) is 1. The molecule has 3 rings (SSSR count). The minimum absolute atomic E-state index is 0.0147. The van der Waals surface area contributed by atoms with Crippen LogP contribution in [0.1, 0.15) is 31.7 Å². The van der Waals surface area contributed by atoms with Gasteiger partial charge in [-0.2, -0.15) is 0 Å². The molecule has 0 aliphatic carbocycles. The maximum atomic E-state index is 12.2. The van der Waals surface area contributed by atoms with Gasteiger partial charge in [-0.25, -0.2) is 4.79 Å². The minimum atomic E-state index is -0.224. The fraction of sp³-hybridized carbons (Fsp3) is 0.391. The lowest BCUT2D eigenvalue weighted by Crippen LogP contribution is -2.42. The largest absolute Gasteiger partial charge is 0.450 e. The Labute approximate surface area is 172 Å². The van der Waals surface area contributed by atoms with Gasteiger partial charge in [0.1, 0.15) is 0 Å². The van der Waals surface area contributed by atoms with Crippen molar-refractivity contribution >= 4 is 23.4 Å². The zero-order chi connectivity index (χ0) is 20.5. The maximum absolute atomic E-state index is 12.2. The van der Waals surface area contributed by atoms with E-state index in [0.717, 1.165) is 36.2 Å². The molecule has 2 aromatic rings. The van der Waals surface area contributed by atoms with E-state index in [1.54, 1.807) is 4.90 Å². The summed E-state index contributed by atoms with van der Waals surface area (Å²) in [5, 5.41) is 6.46. The number of amides is 2. The Balaban J connectivity index is 1.41. The Morgan fingerprint density at radius 2 is 1.66 bits per heavy atom. The van der Waals surface area contributed by atoms with E-state index in [4.69, 9.17) is 4.74 Å². The van der Waals surface area contributed by atoms with Gasteiger partial charge >= 0.3 is 6.09 Å². The van der Waals surface area contributed by atoms with E-state index in [-0.39, 0.29) is 12.0 Å². The number of carbonyl (C=O) groups excluding carboxylic acids is 2. The number of anilines is 2. The first-order valence-corrected chi connectivity index (χ1v) is 10.3. The van der Waals surface area contributed by atoms with Crippen molar-refractivity contribution in [3.63, 3.8) is 0 Å². The molecule has 1 heterocycles. The van der Waals surface area contributed by atoms with E-state index in [9.17, 15) is 9.59 Å². The standard InChI is InChI=1S/C23H29N3O3/c1-2-29-23(28)26-16-14-21(15-17-26)24-19-9-11-20(12-10-19)25-22(27)13-8-18-6-4-3-5-7-18/h3-7,9-12,21,24H,2,8,13-17H2,1H3,(H,25,27). The number of nitrogens with zero attached hydrogens (tertiary/aromatic N) is 1. The van der Waals surface area contributed by atoms with Gasteiger partial charge in [-0.15, -0.1) is 0 Å². The van der Waals surface area contributed by atoms with Crippen molar-refractivity contribution in [1.82, 2.24) is 4.90 Å². The lowest BCUT2D eigenvalue weighted by Gasteiger charge is -2.32. The number of hydrogen-bond donors (Lipinski definition) is 2. The number of aryl methyl sites for hydroxylation is 1. The number of nitrogens with one attached hydrogen (secondary N) is 2. The SMILES string of the molecule is CCOC(=O)N1CCC(Nc2ccc(NC(=O)CCc3ccccc3)cc2)CC1. The van der Waals surface area contributed by atoms with Gasteiger partial charge in [-0.3, -0.25) is 4.79 Å². The first-order valence-electron chi connectivity index (χ1n) is 10.3. The summed E-state index contributed by atoms with van der Waals surface area (Å²) in [5.74, 6) is 0.0147. The number of likely N-dealkylation sites (tertiary alicyclic amines) is 1. The molecule has 0 unspecified atom stereocenters. The number of carbonyl (C=O) groups is 2. The van der Waals surface area contributed by atoms with Gasteiger partial charge in [0.15, 0.2) is 0 Å². The van der Waals surface area contributed by atoms with Crippen molar-refractivity contribution in [2.45, 2.75) is 38.6 Å². The molecule has 1 fully saturated rings. The van der Waals surface area contributed by atoms with Gasteiger partial charge in [-0.1, -0.05) is 30.3 Å². The average molecular weight is 396 g/mol. The molecule has 2 amide bonds. The molecule has 0 bridgehead atoms. The van der Waals surface area contributed by atoms with Crippen LogP contribution in [-0.4, -0.2) is 42.6 Å². The summed E-state index contributed by atoms with van der Waals surface area (Å²) in [6, 6.07) is 18.1. The Hall–Kier alpha value is -3.02. The molecule has 6 heteroatoms. The highest BCUT2D eigenvalue weighted by atomic mass is 16.6. The number of hydrogen-bond acceptors (Lipinski definition) is 4. The van der Waals surface area contributed by atoms with E-state index in [2.05, 4.69) is 10.6 Å². The highest BCUT2D eigenvalue weighted by molar-refractivity contribution is 5.91. The van der Waals surface area contributed by atoms with E-state index in [0.29, 0.717) is 32.2 Å². The molecule has 0 saturated carbocycles. The van der Waals surface area contributed by atoms with Crippen LogP contribution in [0.15, 0.2) is 54.6 Å². The molecule has 0 aromatic heterocycles. The quantitative estimate of drug-likeness (QED) is 0.734. The summed E-state index contributed by atoms with van der Waals surface area (Å²) in [6.07, 6.45) is 2.74. The summed E-state index contributed by atoms with van der Waals surface area (Å²) in [5.41, 5.74) is 2.98. The van der Waals surface area contributed by atoms with Crippen molar-refractivity contribution in [3.8, 4) is 0 Å². The van der Waals surface area contributed by atoms with Crippen LogP contribution in [0.4, 0.5) is 16.2 Å². The fourth-order valence-electron chi connectivity index (χ4n) is 3.43. The highest BCUT2D eigenvalue weighted by Crippen LogP contribution is 2.19. The van der Waals surface area contributed by atoms with Crippen molar-refractivity contribution in [1.29, 1.82) is 0 Å². The van der Waals surface area contributed by atoms with Crippen molar-refractivity contribution in [2.24, 2.45) is 0 Å². The Morgan fingerprint density at radius 3 is 2.31 bits per heavy atom. The summed E-state index contributed by atoms with van der Waals surface area (Å²) in [6.45, 7) is 3.63. The lowest BCUT2D eigenvalue weighted by atomic mass is 10.0. The van der Waals surface area contributed by atoms with Gasteiger partial charge in [-0.05, 0) is 56.0 Å². The zero-order valence-electron chi connectivity index (χ0n) is 16.9. The van der Waals surface area contributed by atoms with Gasteiger partial charge < -0.3 is 20.3 Å². The number of rotatable bonds is 7. The Kier molecular flexibility index (Phi) is 7.50. The molecule has 29 heavy (non-hydrogen) atoms. The predicted octanol–water partition coefficient (Wildman–Crippen LogP) is 4.29. The molecule has 1 aliphatic rings. The lowest BCUT2D eigenvalue weighted by molar-refractivity contribution is -0.116. The third-order valence-electron chi connectivity index (χ3n) is 5.04. The number of benzene rings is 2. The van der Waals surface area contributed by atoms with E-state index in [1.807, 2.05) is 61.5 Å². The van der Waals surface area contributed by atoms with Crippen LogP contribution >= 0.6 is 0 Å². The second kappa shape index (κ2) is 10.5. The summed E-state index contributed by atoms with van der Waals surface area (Å²) in [7, 11) is 0. The van der Waals surface area contributed by atoms with E-state index >= 15 is 0 Å². The number of piperidine rings is 1. The van der Waals surface area contributed by atoms with Gasteiger partial charge in [0.2, 0.25) is 5.91 Å². The first-order chi connectivity index (χ1) is 14.1. The molecule has 2 N–H and O–H groups in total. The second-order valence-corrected chi connectivity index (χ2v) is 7.22. The van der Waals surface area contributed by atoms with Crippen LogP contribution in [0.2, 0.25) is 0 Å². The third-order valence-corrected chi connectivity index (χ3v) is 5.04. The normalized spacial score (nSPS) is 14.3. The molecule has 0 atom stereocenters. The maximum Gasteiger partial charge on any atom is 0.409 e. The minimum Gasteiger partial charge on any atom is -0.450 e. The van der Waals surface area contributed by atoms with Crippen LogP contribution in [0, 0.1) is 0 Å². The molecule has 6 nitrogen and oxygen atoms in total. The van der Waals surface area contributed by atoms with Gasteiger partial charge in [0.25, 0.3) is 0 Å². The van der Waals surface area contributed by atoms with Gasteiger partial charge in [0, 0.05) is 36.9 Å². The van der Waals surface area contributed by atoms with Crippen LogP contribution in [0.5, 0.6) is 0 Å². The van der Waals surface area contributed by atoms with Crippen molar-refractivity contribution in [3.05, 3.63) is 60.2 Å². The van der Waals surface area contributed by atoms with E-state index < -0.39 is 0 Å². The Morgan fingerprint density at radius 1 is 1.00 bits per heavy atom.